The Bertz CT molecular complexity index is 712. The maximum absolute atomic E-state index is 12.8. The summed E-state index contributed by atoms with van der Waals surface area (Å²) in [6.45, 7) is 0. The molecule has 1 unspecified atom stereocenters. The minimum Gasteiger partial charge on any atom is -0.357 e. The number of hydrogen-bond donors (Lipinski definition) is 1. The molecule has 2 aromatic carbocycles. The third-order valence-electron chi connectivity index (χ3n) is 4.26. The number of amides is 2. The zero-order valence-corrected chi connectivity index (χ0v) is 13.2. The van der Waals surface area contributed by atoms with Crippen LogP contribution in [-0.4, -0.2) is 24.9 Å². The van der Waals surface area contributed by atoms with E-state index in [4.69, 9.17) is 0 Å². The monoisotopic (exact) mass is 308 g/mol. The predicted molar refractivity (Wildman–Crippen MR) is 90.2 cm³/mol. The van der Waals surface area contributed by atoms with Crippen LogP contribution in [-0.2, 0) is 22.4 Å². The smallest absolute Gasteiger partial charge is 0.243 e. The van der Waals surface area contributed by atoms with Crippen LogP contribution in [0.5, 0.6) is 0 Å². The van der Waals surface area contributed by atoms with Gasteiger partial charge in [-0.2, -0.15) is 0 Å². The van der Waals surface area contributed by atoms with Crippen LogP contribution in [0.4, 0.5) is 5.69 Å². The van der Waals surface area contributed by atoms with E-state index < -0.39 is 6.04 Å². The van der Waals surface area contributed by atoms with E-state index in [2.05, 4.69) is 5.32 Å². The SMILES string of the molecule is CNC(=O)C1Cc2ccccc2N1C(=O)CCc1ccccc1. The van der Waals surface area contributed by atoms with Crippen molar-refractivity contribution in [1.82, 2.24) is 5.32 Å². The van der Waals surface area contributed by atoms with Gasteiger partial charge in [0.15, 0.2) is 0 Å². The molecule has 0 aliphatic carbocycles. The van der Waals surface area contributed by atoms with Gasteiger partial charge in [-0.25, -0.2) is 0 Å². The molecule has 0 radical (unpaired) electrons. The zero-order valence-electron chi connectivity index (χ0n) is 13.2. The summed E-state index contributed by atoms with van der Waals surface area (Å²) in [5, 5.41) is 2.67. The van der Waals surface area contributed by atoms with Gasteiger partial charge >= 0.3 is 0 Å². The van der Waals surface area contributed by atoms with Gasteiger partial charge in [0.25, 0.3) is 0 Å². The molecule has 23 heavy (non-hydrogen) atoms. The molecule has 1 aliphatic heterocycles. The van der Waals surface area contributed by atoms with Crippen LogP contribution < -0.4 is 10.2 Å². The second-order valence-corrected chi connectivity index (χ2v) is 5.71. The quantitative estimate of drug-likeness (QED) is 0.942. The van der Waals surface area contributed by atoms with Crippen molar-refractivity contribution >= 4 is 17.5 Å². The lowest BCUT2D eigenvalue weighted by Gasteiger charge is -2.24. The molecule has 1 N–H and O–H groups in total. The summed E-state index contributed by atoms with van der Waals surface area (Å²) in [5.74, 6) is -0.123. The van der Waals surface area contributed by atoms with Crippen LogP contribution in [0.25, 0.3) is 0 Å². The van der Waals surface area contributed by atoms with Crippen LogP contribution in [0.2, 0.25) is 0 Å². The van der Waals surface area contributed by atoms with E-state index in [1.165, 1.54) is 0 Å². The van der Waals surface area contributed by atoms with E-state index in [-0.39, 0.29) is 11.8 Å². The number of nitrogens with zero attached hydrogens (tertiary/aromatic N) is 1. The summed E-state index contributed by atoms with van der Waals surface area (Å²) in [6.07, 6.45) is 1.65. The number of carbonyl (C=O) groups excluding carboxylic acids is 2. The highest BCUT2D eigenvalue weighted by Gasteiger charge is 2.37. The molecule has 1 heterocycles. The summed E-state index contributed by atoms with van der Waals surface area (Å²) in [4.78, 5) is 26.6. The van der Waals surface area contributed by atoms with Crippen LogP contribution in [0.1, 0.15) is 17.5 Å². The van der Waals surface area contributed by atoms with Gasteiger partial charge < -0.3 is 5.32 Å². The second-order valence-electron chi connectivity index (χ2n) is 5.71. The van der Waals surface area contributed by atoms with Gasteiger partial charge in [0.05, 0.1) is 0 Å². The predicted octanol–water partition coefficient (Wildman–Crippen LogP) is 2.32. The third-order valence-corrected chi connectivity index (χ3v) is 4.26. The fraction of sp³-hybridized carbons (Fsp3) is 0.263. The van der Waals surface area contributed by atoms with Gasteiger partial charge in [-0.1, -0.05) is 48.5 Å². The molecule has 2 aromatic rings. The average Bonchev–Trinajstić information content (AvgIpc) is 2.99. The van der Waals surface area contributed by atoms with E-state index in [1.54, 1.807) is 11.9 Å². The Balaban J connectivity index is 1.79. The van der Waals surface area contributed by atoms with Crippen molar-refractivity contribution in [1.29, 1.82) is 0 Å². The van der Waals surface area contributed by atoms with Gasteiger partial charge in [-0.15, -0.1) is 0 Å². The number of fused-ring (bicyclic) bond motifs is 1. The fourth-order valence-corrected chi connectivity index (χ4v) is 3.09. The molecule has 118 valence electrons. The topological polar surface area (TPSA) is 49.4 Å². The van der Waals surface area contributed by atoms with E-state index in [9.17, 15) is 9.59 Å². The Morgan fingerprint density at radius 1 is 1.09 bits per heavy atom. The molecule has 0 aromatic heterocycles. The van der Waals surface area contributed by atoms with Crippen LogP contribution in [0.15, 0.2) is 54.6 Å². The molecule has 4 nitrogen and oxygen atoms in total. The number of benzene rings is 2. The number of hydrogen-bond acceptors (Lipinski definition) is 2. The Hall–Kier alpha value is -2.62. The lowest BCUT2D eigenvalue weighted by Crippen LogP contribution is -2.47. The molecule has 3 rings (SSSR count). The molecule has 4 heteroatoms. The first-order valence-electron chi connectivity index (χ1n) is 7.86. The van der Waals surface area contributed by atoms with Gasteiger partial charge in [0, 0.05) is 25.6 Å². The highest BCUT2D eigenvalue weighted by molar-refractivity contribution is 6.03. The van der Waals surface area contributed by atoms with Crippen LogP contribution in [0.3, 0.4) is 0 Å². The number of anilines is 1. The van der Waals surface area contributed by atoms with Crippen molar-refractivity contribution in [2.24, 2.45) is 0 Å². The van der Waals surface area contributed by atoms with Gasteiger partial charge in [-0.3, -0.25) is 14.5 Å². The summed E-state index contributed by atoms with van der Waals surface area (Å²) in [7, 11) is 1.61. The number of para-hydroxylation sites is 1. The van der Waals surface area contributed by atoms with E-state index in [0.717, 1.165) is 16.8 Å². The van der Waals surface area contributed by atoms with Crippen LogP contribution in [0, 0.1) is 0 Å². The van der Waals surface area contributed by atoms with Crippen LogP contribution >= 0.6 is 0 Å². The standard InChI is InChI=1S/C19H20N2O2/c1-20-19(23)17-13-15-9-5-6-10-16(15)21(17)18(22)12-11-14-7-3-2-4-8-14/h2-10,17H,11-13H2,1H3,(H,20,23). The van der Waals surface area contributed by atoms with Crippen molar-refractivity contribution in [3.8, 4) is 0 Å². The molecular weight excluding hydrogens is 288 g/mol. The summed E-state index contributed by atoms with van der Waals surface area (Å²) in [6, 6.07) is 17.2. The van der Waals surface area contributed by atoms with Crippen molar-refractivity contribution in [3.05, 3.63) is 65.7 Å². The first kappa shape index (κ1) is 15.3. The average molecular weight is 308 g/mol. The second kappa shape index (κ2) is 6.65. The largest absolute Gasteiger partial charge is 0.357 e. The summed E-state index contributed by atoms with van der Waals surface area (Å²) >= 11 is 0. The number of aryl methyl sites for hydroxylation is 1. The molecule has 0 spiro atoms. The van der Waals surface area contributed by atoms with E-state index in [1.807, 2.05) is 54.6 Å². The van der Waals surface area contributed by atoms with Crippen molar-refractivity contribution in [2.75, 3.05) is 11.9 Å². The number of likely N-dealkylation sites (N-methyl/N-ethyl adjacent to an activating group) is 1. The molecule has 2 amide bonds. The first-order valence-corrected chi connectivity index (χ1v) is 7.86. The molecule has 1 aliphatic rings. The molecular formula is C19H20N2O2. The number of nitrogens with one attached hydrogen (secondary N) is 1. The Labute approximate surface area is 136 Å². The molecule has 0 saturated heterocycles. The number of carbonyl (C=O) groups is 2. The first-order chi connectivity index (χ1) is 11.2. The Morgan fingerprint density at radius 2 is 1.78 bits per heavy atom. The molecule has 1 atom stereocenters. The van der Waals surface area contributed by atoms with E-state index >= 15 is 0 Å². The minimum absolute atomic E-state index is 0.00703. The van der Waals surface area contributed by atoms with Gasteiger partial charge in [0.2, 0.25) is 11.8 Å². The van der Waals surface area contributed by atoms with Crippen molar-refractivity contribution < 1.29 is 9.59 Å². The normalized spacial score (nSPS) is 16.0. The van der Waals surface area contributed by atoms with Crippen molar-refractivity contribution in [3.63, 3.8) is 0 Å². The maximum Gasteiger partial charge on any atom is 0.243 e. The summed E-state index contributed by atoms with van der Waals surface area (Å²) in [5.41, 5.74) is 3.04. The van der Waals surface area contributed by atoms with Crippen molar-refractivity contribution in [2.45, 2.75) is 25.3 Å². The highest BCUT2D eigenvalue weighted by atomic mass is 16.2. The Morgan fingerprint density at radius 3 is 2.52 bits per heavy atom. The van der Waals surface area contributed by atoms with E-state index in [0.29, 0.717) is 19.3 Å². The fourth-order valence-electron chi connectivity index (χ4n) is 3.09. The maximum atomic E-state index is 12.8. The summed E-state index contributed by atoms with van der Waals surface area (Å²) < 4.78 is 0. The molecule has 0 bridgehead atoms. The minimum atomic E-state index is -0.444. The number of rotatable bonds is 4. The molecule has 0 saturated carbocycles. The van der Waals surface area contributed by atoms with Gasteiger partial charge in [-0.05, 0) is 23.6 Å². The lowest BCUT2D eigenvalue weighted by molar-refractivity contribution is -0.125. The zero-order chi connectivity index (χ0) is 16.2. The lowest BCUT2D eigenvalue weighted by atomic mass is 10.1. The Kier molecular flexibility index (Phi) is 4.42. The highest BCUT2D eigenvalue weighted by Crippen LogP contribution is 2.32. The third kappa shape index (κ3) is 3.11. The molecule has 0 fully saturated rings. The van der Waals surface area contributed by atoms with Gasteiger partial charge in [0.1, 0.15) is 6.04 Å².